The fourth-order valence-corrected chi connectivity index (χ4v) is 1.75. The van der Waals surface area contributed by atoms with Crippen LogP contribution in [0.3, 0.4) is 0 Å². The molecule has 0 aromatic heterocycles. The van der Waals surface area contributed by atoms with Crippen molar-refractivity contribution in [2.75, 3.05) is 7.11 Å². The first kappa shape index (κ1) is 13.8. The van der Waals surface area contributed by atoms with E-state index in [-0.39, 0.29) is 12.1 Å². The van der Waals surface area contributed by atoms with Crippen molar-refractivity contribution in [3.05, 3.63) is 23.8 Å². The molecule has 0 aliphatic heterocycles. The molecule has 0 amide bonds. The summed E-state index contributed by atoms with van der Waals surface area (Å²) in [5.74, 6) is 1.64. The van der Waals surface area contributed by atoms with Gasteiger partial charge in [0.1, 0.15) is 11.5 Å². The predicted molar refractivity (Wildman–Crippen MR) is 70.6 cm³/mol. The molecule has 1 unspecified atom stereocenters. The zero-order chi connectivity index (χ0) is 12.8. The number of hydrogen-bond donors (Lipinski definition) is 1. The molecule has 1 atom stereocenters. The van der Waals surface area contributed by atoms with Crippen molar-refractivity contribution in [1.82, 2.24) is 0 Å². The summed E-state index contributed by atoms with van der Waals surface area (Å²) in [7, 11) is 1.65. The summed E-state index contributed by atoms with van der Waals surface area (Å²) < 4.78 is 11.2. The maximum atomic E-state index is 5.99. The van der Waals surface area contributed by atoms with E-state index in [9.17, 15) is 0 Å². The lowest BCUT2D eigenvalue weighted by molar-refractivity contribution is 0.189. The van der Waals surface area contributed by atoms with Crippen LogP contribution in [0.15, 0.2) is 18.2 Å². The Hall–Kier alpha value is -1.22. The van der Waals surface area contributed by atoms with Crippen LogP contribution in [-0.4, -0.2) is 13.2 Å². The van der Waals surface area contributed by atoms with E-state index in [4.69, 9.17) is 15.2 Å². The van der Waals surface area contributed by atoms with E-state index in [1.807, 2.05) is 25.1 Å². The van der Waals surface area contributed by atoms with Gasteiger partial charge in [-0.2, -0.15) is 0 Å². The van der Waals surface area contributed by atoms with Crippen LogP contribution >= 0.6 is 0 Å². The van der Waals surface area contributed by atoms with Gasteiger partial charge in [0.25, 0.3) is 0 Å². The van der Waals surface area contributed by atoms with Crippen molar-refractivity contribution in [3.8, 4) is 11.5 Å². The molecule has 0 saturated carbocycles. The molecule has 3 nitrogen and oxygen atoms in total. The zero-order valence-electron chi connectivity index (χ0n) is 11.2. The van der Waals surface area contributed by atoms with E-state index in [0.29, 0.717) is 0 Å². The summed E-state index contributed by atoms with van der Waals surface area (Å²) in [6, 6.07) is 5.77. The van der Waals surface area contributed by atoms with Gasteiger partial charge in [-0.05, 0) is 25.8 Å². The highest BCUT2D eigenvalue weighted by Gasteiger charge is 2.13. The van der Waals surface area contributed by atoms with E-state index in [2.05, 4.69) is 13.8 Å². The fourth-order valence-electron chi connectivity index (χ4n) is 1.75. The molecule has 0 heterocycles. The molecular formula is C14H23NO2. The molecule has 0 fully saturated rings. The number of benzene rings is 1. The third-order valence-electron chi connectivity index (χ3n) is 2.92. The highest BCUT2D eigenvalue weighted by Crippen LogP contribution is 2.30. The van der Waals surface area contributed by atoms with Gasteiger partial charge in [0.15, 0.2) is 0 Å². The summed E-state index contributed by atoms with van der Waals surface area (Å²) >= 11 is 0. The summed E-state index contributed by atoms with van der Waals surface area (Å²) in [5, 5.41) is 0. The molecule has 1 aromatic rings. The van der Waals surface area contributed by atoms with Crippen molar-refractivity contribution in [2.24, 2.45) is 5.73 Å². The van der Waals surface area contributed by atoms with Crippen LogP contribution in [0.5, 0.6) is 11.5 Å². The van der Waals surface area contributed by atoms with Gasteiger partial charge in [-0.15, -0.1) is 0 Å². The zero-order valence-corrected chi connectivity index (χ0v) is 11.2. The second kappa shape index (κ2) is 6.50. The number of nitrogens with two attached hydrogens (primary N) is 1. The van der Waals surface area contributed by atoms with Gasteiger partial charge in [0.2, 0.25) is 0 Å². The molecule has 1 rings (SSSR count). The third-order valence-corrected chi connectivity index (χ3v) is 2.92. The maximum Gasteiger partial charge on any atom is 0.128 e. The quantitative estimate of drug-likeness (QED) is 0.825. The van der Waals surface area contributed by atoms with Gasteiger partial charge in [0, 0.05) is 17.7 Å². The number of ether oxygens (including phenoxy) is 2. The van der Waals surface area contributed by atoms with E-state index >= 15 is 0 Å². The molecule has 0 spiro atoms. The third kappa shape index (κ3) is 3.63. The molecule has 0 aliphatic carbocycles. The van der Waals surface area contributed by atoms with Crippen LogP contribution < -0.4 is 15.2 Å². The first-order valence-electron chi connectivity index (χ1n) is 6.22. The normalized spacial score (nSPS) is 12.6. The Balaban J connectivity index is 3.00. The van der Waals surface area contributed by atoms with Gasteiger partial charge in [-0.1, -0.05) is 19.9 Å². The SMILES string of the molecule is CCC(CC)Oc1cc(OC)ccc1C(C)N. The minimum Gasteiger partial charge on any atom is -0.497 e. The Kier molecular flexibility index (Phi) is 5.29. The molecule has 96 valence electrons. The lowest BCUT2D eigenvalue weighted by Crippen LogP contribution is -2.16. The first-order chi connectivity index (χ1) is 8.12. The minimum absolute atomic E-state index is 0.0368. The minimum atomic E-state index is -0.0368. The molecule has 3 heteroatoms. The van der Waals surface area contributed by atoms with E-state index in [0.717, 1.165) is 29.9 Å². The highest BCUT2D eigenvalue weighted by atomic mass is 16.5. The summed E-state index contributed by atoms with van der Waals surface area (Å²) in [6.07, 6.45) is 2.22. The molecule has 0 radical (unpaired) electrons. The standard InChI is InChI=1S/C14H23NO2/c1-5-11(6-2)17-14-9-12(16-4)7-8-13(14)10(3)15/h7-11H,5-6,15H2,1-4H3. The molecule has 1 aromatic carbocycles. The number of methoxy groups -OCH3 is 1. The Labute approximate surface area is 104 Å². The molecule has 17 heavy (non-hydrogen) atoms. The average molecular weight is 237 g/mol. The largest absolute Gasteiger partial charge is 0.497 e. The van der Waals surface area contributed by atoms with Crippen molar-refractivity contribution in [1.29, 1.82) is 0 Å². The van der Waals surface area contributed by atoms with Crippen LogP contribution in [0.2, 0.25) is 0 Å². The molecular weight excluding hydrogens is 214 g/mol. The van der Waals surface area contributed by atoms with Crippen molar-refractivity contribution < 1.29 is 9.47 Å². The highest BCUT2D eigenvalue weighted by molar-refractivity contribution is 5.42. The lowest BCUT2D eigenvalue weighted by atomic mass is 10.1. The van der Waals surface area contributed by atoms with Gasteiger partial charge in [-0.25, -0.2) is 0 Å². The second-order valence-corrected chi connectivity index (χ2v) is 4.25. The maximum absolute atomic E-state index is 5.99. The van der Waals surface area contributed by atoms with E-state index in [1.165, 1.54) is 0 Å². The van der Waals surface area contributed by atoms with Crippen LogP contribution in [0.4, 0.5) is 0 Å². The number of rotatable bonds is 6. The molecule has 0 saturated heterocycles. The van der Waals surface area contributed by atoms with Crippen LogP contribution in [0, 0.1) is 0 Å². The van der Waals surface area contributed by atoms with Crippen LogP contribution in [-0.2, 0) is 0 Å². The molecule has 0 aliphatic rings. The Bertz CT molecular complexity index is 346. The second-order valence-electron chi connectivity index (χ2n) is 4.25. The Morgan fingerprint density at radius 2 is 1.88 bits per heavy atom. The molecule has 0 bridgehead atoms. The van der Waals surface area contributed by atoms with Gasteiger partial charge in [0.05, 0.1) is 13.2 Å². The fraction of sp³-hybridized carbons (Fsp3) is 0.571. The van der Waals surface area contributed by atoms with Crippen molar-refractivity contribution in [2.45, 2.75) is 45.8 Å². The topological polar surface area (TPSA) is 44.5 Å². The summed E-state index contributed by atoms with van der Waals surface area (Å²) in [6.45, 7) is 6.21. The van der Waals surface area contributed by atoms with Crippen molar-refractivity contribution >= 4 is 0 Å². The van der Waals surface area contributed by atoms with Gasteiger partial charge >= 0.3 is 0 Å². The van der Waals surface area contributed by atoms with Gasteiger partial charge in [-0.3, -0.25) is 0 Å². The first-order valence-corrected chi connectivity index (χ1v) is 6.22. The number of hydrogen-bond acceptors (Lipinski definition) is 3. The average Bonchev–Trinajstić information content (AvgIpc) is 2.35. The van der Waals surface area contributed by atoms with E-state index < -0.39 is 0 Å². The summed E-state index contributed by atoms with van der Waals surface area (Å²) in [4.78, 5) is 0. The summed E-state index contributed by atoms with van der Waals surface area (Å²) in [5.41, 5.74) is 6.97. The van der Waals surface area contributed by atoms with Crippen LogP contribution in [0.1, 0.15) is 45.2 Å². The Morgan fingerprint density at radius 3 is 2.35 bits per heavy atom. The smallest absolute Gasteiger partial charge is 0.128 e. The predicted octanol–water partition coefficient (Wildman–Crippen LogP) is 3.28. The Morgan fingerprint density at radius 1 is 1.24 bits per heavy atom. The monoisotopic (exact) mass is 237 g/mol. The van der Waals surface area contributed by atoms with E-state index in [1.54, 1.807) is 7.11 Å². The van der Waals surface area contributed by atoms with Crippen molar-refractivity contribution in [3.63, 3.8) is 0 Å². The van der Waals surface area contributed by atoms with Crippen LogP contribution in [0.25, 0.3) is 0 Å². The van der Waals surface area contributed by atoms with Gasteiger partial charge < -0.3 is 15.2 Å². The lowest BCUT2D eigenvalue weighted by Gasteiger charge is -2.20. The molecule has 2 N–H and O–H groups in total.